The van der Waals surface area contributed by atoms with E-state index >= 15 is 0 Å². The third-order valence-corrected chi connectivity index (χ3v) is 4.71. The van der Waals surface area contributed by atoms with Crippen LogP contribution in [0.3, 0.4) is 0 Å². The summed E-state index contributed by atoms with van der Waals surface area (Å²) in [5.74, 6) is 0.108. The average molecular weight is 356 g/mol. The van der Waals surface area contributed by atoms with Crippen LogP contribution >= 0.6 is 11.3 Å². The van der Waals surface area contributed by atoms with Crippen LogP contribution in [0.5, 0.6) is 0 Å². The van der Waals surface area contributed by atoms with E-state index in [1.54, 1.807) is 43.6 Å². The number of halogens is 1. The summed E-state index contributed by atoms with van der Waals surface area (Å²) in [6, 6.07) is 12.0. The molecule has 3 aromatic rings. The number of rotatable bonds is 6. The van der Waals surface area contributed by atoms with E-state index in [0.29, 0.717) is 29.4 Å². The summed E-state index contributed by atoms with van der Waals surface area (Å²) in [6.45, 7) is 0.379. The van der Waals surface area contributed by atoms with Crippen molar-refractivity contribution in [3.8, 4) is 10.6 Å². The van der Waals surface area contributed by atoms with E-state index in [1.807, 2.05) is 6.07 Å². The van der Waals surface area contributed by atoms with Crippen molar-refractivity contribution in [2.45, 2.75) is 6.42 Å². The zero-order chi connectivity index (χ0) is 17.6. The predicted molar refractivity (Wildman–Crippen MR) is 97.3 cm³/mol. The van der Waals surface area contributed by atoms with Crippen molar-refractivity contribution in [3.63, 3.8) is 0 Å². The van der Waals surface area contributed by atoms with Gasteiger partial charge >= 0.3 is 0 Å². The first-order valence-corrected chi connectivity index (χ1v) is 8.61. The lowest BCUT2D eigenvalue weighted by Gasteiger charge is -2.05. The molecule has 2 aromatic heterocycles. The normalized spacial score (nSPS) is 10.5. The van der Waals surface area contributed by atoms with Crippen LogP contribution in [0.25, 0.3) is 10.6 Å². The highest BCUT2D eigenvalue weighted by molar-refractivity contribution is 7.17. The molecule has 0 unspecified atom stereocenters. The zero-order valence-electron chi connectivity index (χ0n) is 13.6. The molecular weight excluding hydrogens is 339 g/mol. The number of carbonyl (C=O) groups excluding carboxylic acids is 1. The fraction of sp³-hybridized carbons (Fsp3) is 0.167. The van der Waals surface area contributed by atoms with Crippen LogP contribution in [-0.2, 0) is 6.42 Å². The molecule has 25 heavy (non-hydrogen) atoms. The standard InChI is InChI=1S/C18H17FN4OS/c1-20-18-22-11-9-14(23-18)15-6-7-16(25-15)17(24)21-10-8-12-4-2-3-5-13(12)19/h2-7,9,11H,8,10H2,1H3,(H,21,24)(H,20,22,23). The van der Waals surface area contributed by atoms with Crippen LogP contribution in [0.15, 0.2) is 48.7 Å². The van der Waals surface area contributed by atoms with E-state index in [4.69, 9.17) is 0 Å². The lowest BCUT2D eigenvalue weighted by Crippen LogP contribution is -2.25. The number of anilines is 1. The molecule has 0 saturated carbocycles. The van der Waals surface area contributed by atoms with Gasteiger partial charge in [0.25, 0.3) is 5.91 Å². The second-order valence-electron chi connectivity index (χ2n) is 5.28. The van der Waals surface area contributed by atoms with Gasteiger partial charge in [0, 0.05) is 19.8 Å². The minimum atomic E-state index is -0.251. The lowest BCUT2D eigenvalue weighted by atomic mass is 10.1. The molecule has 1 amide bonds. The number of nitrogens with one attached hydrogen (secondary N) is 2. The van der Waals surface area contributed by atoms with Gasteiger partial charge in [-0.2, -0.15) is 0 Å². The van der Waals surface area contributed by atoms with E-state index in [-0.39, 0.29) is 11.7 Å². The molecular formula is C18H17FN4OS. The molecule has 0 atom stereocenters. The van der Waals surface area contributed by atoms with Crippen LogP contribution in [0, 0.1) is 5.82 Å². The molecule has 2 N–H and O–H groups in total. The number of carbonyl (C=O) groups is 1. The van der Waals surface area contributed by atoms with Crippen molar-refractivity contribution in [1.82, 2.24) is 15.3 Å². The Morgan fingerprint density at radius 2 is 2.04 bits per heavy atom. The molecule has 5 nitrogen and oxygen atoms in total. The fourth-order valence-electron chi connectivity index (χ4n) is 2.31. The molecule has 0 spiro atoms. The molecule has 3 rings (SSSR count). The van der Waals surface area contributed by atoms with Gasteiger partial charge in [-0.1, -0.05) is 18.2 Å². The minimum absolute atomic E-state index is 0.171. The van der Waals surface area contributed by atoms with Crippen molar-refractivity contribution in [2.75, 3.05) is 18.9 Å². The lowest BCUT2D eigenvalue weighted by molar-refractivity contribution is 0.0958. The summed E-state index contributed by atoms with van der Waals surface area (Å²) in [5, 5.41) is 5.71. The van der Waals surface area contributed by atoms with Gasteiger partial charge < -0.3 is 10.6 Å². The number of hydrogen-bond acceptors (Lipinski definition) is 5. The van der Waals surface area contributed by atoms with Gasteiger partial charge in [-0.15, -0.1) is 11.3 Å². The Balaban J connectivity index is 1.61. The molecule has 0 bridgehead atoms. The Kier molecular flexibility index (Phi) is 5.35. The molecule has 0 aliphatic rings. The summed E-state index contributed by atoms with van der Waals surface area (Å²) < 4.78 is 13.6. The molecule has 0 saturated heterocycles. The van der Waals surface area contributed by atoms with E-state index in [2.05, 4.69) is 20.6 Å². The van der Waals surface area contributed by atoms with E-state index in [1.165, 1.54) is 17.4 Å². The fourth-order valence-corrected chi connectivity index (χ4v) is 3.21. The first-order valence-electron chi connectivity index (χ1n) is 7.80. The topological polar surface area (TPSA) is 66.9 Å². The Morgan fingerprint density at radius 3 is 2.84 bits per heavy atom. The van der Waals surface area contributed by atoms with Crippen molar-refractivity contribution in [3.05, 3.63) is 64.9 Å². The van der Waals surface area contributed by atoms with Gasteiger partial charge in [0.05, 0.1) is 15.4 Å². The first kappa shape index (κ1) is 17.0. The number of benzene rings is 1. The number of aromatic nitrogens is 2. The summed E-state index contributed by atoms with van der Waals surface area (Å²) in [7, 11) is 1.75. The maximum atomic E-state index is 13.6. The Labute approximate surface area is 149 Å². The van der Waals surface area contributed by atoms with Gasteiger partial charge in [-0.25, -0.2) is 14.4 Å². The zero-order valence-corrected chi connectivity index (χ0v) is 14.4. The monoisotopic (exact) mass is 356 g/mol. The van der Waals surface area contributed by atoms with Crippen LogP contribution in [0.2, 0.25) is 0 Å². The quantitative estimate of drug-likeness (QED) is 0.711. The highest BCUT2D eigenvalue weighted by Crippen LogP contribution is 2.26. The summed E-state index contributed by atoms with van der Waals surface area (Å²) >= 11 is 1.36. The SMILES string of the molecule is CNc1nccc(-c2ccc(C(=O)NCCc3ccccc3F)s2)n1. The maximum absolute atomic E-state index is 13.6. The van der Waals surface area contributed by atoms with Crippen LogP contribution in [-0.4, -0.2) is 29.5 Å². The third kappa shape index (κ3) is 4.19. The smallest absolute Gasteiger partial charge is 0.261 e. The van der Waals surface area contributed by atoms with E-state index in [9.17, 15) is 9.18 Å². The summed E-state index contributed by atoms with van der Waals surface area (Å²) in [4.78, 5) is 22.2. The Hall–Kier alpha value is -2.80. The average Bonchev–Trinajstić information content (AvgIpc) is 3.13. The molecule has 2 heterocycles. The molecule has 0 aliphatic heterocycles. The van der Waals surface area contributed by atoms with Gasteiger partial charge in [0.2, 0.25) is 5.95 Å². The van der Waals surface area contributed by atoms with Gasteiger partial charge in [-0.05, 0) is 36.2 Å². The van der Waals surface area contributed by atoms with E-state index in [0.717, 1.165) is 10.6 Å². The van der Waals surface area contributed by atoms with Crippen LogP contribution < -0.4 is 10.6 Å². The predicted octanol–water partition coefficient (Wildman–Crippen LogP) is 3.36. The Bertz CT molecular complexity index is 881. The highest BCUT2D eigenvalue weighted by atomic mass is 32.1. The summed E-state index contributed by atoms with van der Waals surface area (Å²) in [6.07, 6.45) is 2.12. The Morgan fingerprint density at radius 1 is 1.20 bits per heavy atom. The number of amides is 1. The van der Waals surface area contributed by atoms with Crippen molar-refractivity contribution < 1.29 is 9.18 Å². The van der Waals surface area contributed by atoms with Gasteiger partial charge in [0.1, 0.15) is 5.82 Å². The first-order chi connectivity index (χ1) is 12.2. The molecule has 0 radical (unpaired) electrons. The summed E-state index contributed by atoms with van der Waals surface area (Å²) in [5.41, 5.74) is 1.35. The number of nitrogens with zero attached hydrogens (tertiary/aromatic N) is 2. The van der Waals surface area contributed by atoms with Crippen molar-refractivity contribution >= 4 is 23.2 Å². The molecule has 128 valence electrons. The van der Waals surface area contributed by atoms with Crippen LogP contribution in [0.1, 0.15) is 15.2 Å². The second kappa shape index (κ2) is 7.85. The molecule has 0 aliphatic carbocycles. The molecule has 0 fully saturated rings. The van der Waals surface area contributed by atoms with Crippen LogP contribution in [0.4, 0.5) is 10.3 Å². The second-order valence-corrected chi connectivity index (χ2v) is 6.36. The highest BCUT2D eigenvalue weighted by Gasteiger charge is 2.11. The number of hydrogen-bond donors (Lipinski definition) is 2. The van der Waals surface area contributed by atoms with Gasteiger partial charge in [0.15, 0.2) is 0 Å². The molecule has 7 heteroatoms. The molecule has 1 aromatic carbocycles. The van der Waals surface area contributed by atoms with Crippen molar-refractivity contribution in [1.29, 1.82) is 0 Å². The van der Waals surface area contributed by atoms with Crippen molar-refractivity contribution in [2.24, 2.45) is 0 Å². The minimum Gasteiger partial charge on any atom is -0.357 e. The largest absolute Gasteiger partial charge is 0.357 e. The maximum Gasteiger partial charge on any atom is 0.261 e. The third-order valence-electron chi connectivity index (χ3n) is 3.60. The number of thiophene rings is 1. The van der Waals surface area contributed by atoms with E-state index < -0.39 is 0 Å². The van der Waals surface area contributed by atoms with Gasteiger partial charge in [-0.3, -0.25) is 4.79 Å².